The van der Waals surface area contributed by atoms with Crippen molar-refractivity contribution < 1.29 is 22.7 Å². The van der Waals surface area contributed by atoms with Crippen molar-refractivity contribution in [2.75, 3.05) is 26.8 Å². The van der Waals surface area contributed by atoms with Gasteiger partial charge in [-0.05, 0) is 57.0 Å². The Morgan fingerprint density at radius 2 is 1.81 bits per heavy atom. The number of aryl methyl sites for hydroxylation is 1. The van der Waals surface area contributed by atoms with Crippen LogP contribution in [-0.4, -0.2) is 51.5 Å². The van der Waals surface area contributed by atoms with Gasteiger partial charge in [0.1, 0.15) is 5.75 Å². The van der Waals surface area contributed by atoms with E-state index in [1.165, 1.54) is 4.31 Å². The number of amides is 1. The number of piperidine rings is 1. The van der Waals surface area contributed by atoms with Crippen molar-refractivity contribution in [3.63, 3.8) is 0 Å². The summed E-state index contributed by atoms with van der Waals surface area (Å²) in [5.41, 5.74) is 2.37. The summed E-state index contributed by atoms with van der Waals surface area (Å²) in [6, 6.07) is 12.1. The smallest absolute Gasteiger partial charge is 0.251 e. The highest BCUT2D eigenvalue weighted by molar-refractivity contribution is 7.89. The van der Waals surface area contributed by atoms with Crippen LogP contribution in [0.3, 0.4) is 0 Å². The van der Waals surface area contributed by atoms with Gasteiger partial charge in [0.05, 0.1) is 18.6 Å². The number of carbonyl (C=O) groups excluding carboxylic acids is 1. The number of hydrogen-bond donors (Lipinski definition) is 1. The summed E-state index contributed by atoms with van der Waals surface area (Å²) < 4.78 is 38.0. The summed E-state index contributed by atoms with van der Waals surface area (Å²) in [6.45, 7) is 5.53. The topological polar surface area (TPSA) is 84.9 Å². The van der Waals surface area contributed by atoms with Crippen LogP contribution in [0.2, 0.25) is 0 Å². The number of benzene rings is 2. The Morgan fingerprint density at radius 3 is 2.42 bits per heavy atom. The van der Waals surface area contributed by atoms with Crippen molar-refractivity contribution in [3.8, 4) is 5.75 Å². The molecule has 1 aliphatic rings. The molecule has 0 atom stereocenters. The molecule has 2 aromatic rings. The maximum absolute atomic E-state index is 12.8. The van der Waals surface area contributed by atoms with E-state index in [1.807, 2.05) is 13.8 Å². The maximum Gasteiger partial charge on any atom is 0.251 e. The van der Waals surface area contributed by atoms with Gasteiger partial charge >= 0.3 is 0 Å². The van der Waals surface area contributed by atoms with E-state index < -0.39 is 10.0 Å². The molecule has 1 N–H and O–H groups in total. The lowest BCUT2D eigenvalue weighted by Gasteiger charge is -2.31. The first-order chi connectivity index (χ1) is 14.8. The summed E-state index contributed by atoms with van der Waals surface area (Å²) in [5, 5.41) is 3.03. The number of ether oxygens (including phenoxy) is 2. The molecule has 0 radical (unpaired) electrons. The fourth-order valence-corrected chi connectivity index (χ4v) is 5.08. The van der Waals surface area contributed by atoms with Gasteiger partial charge in [0, 0.05) is 36.9 Å². The van der Waals surface area contributed by atoms with Gasteiger partial charge in [0.25, 0.3) is 5.91 Å². The Hall–Kier alpha value is -2.42. The first-order valence-electron chi connectivity index (χ1n) is 10.5. The third-order valence-corrected chi connectivity index (χ3v) is 7.37. The van der Waals surface area contributed by atoms with Gasteiger partial charge in [-0.25, -0.2) is 8.42 Å². The SMILES string of the molecule is CCOCc1cc(C(=O)NC2CCN(S(=O)(=O)c3ccc(C)cc3)CC2)ccc1OC. The lowest BCUT2D eigenvalue weighted by molar-refractivity contribution is 0.0923. The minimum Gasteiger partial charge on any atom is -0.496 e. The third kappa shape index (κ3) is 5.64. The second kappa shape index (κ2) is 10.3. The lowest BCUT2D eigenvalue weighted by atomic mass is 10.0. The summed E-state index contributed by atoms with van der Waals surface area (Å²) in [7, 11) is -1.93. The van der Waals surface area contributed by atoms with Crippen molar-refractivity contribution in [2.24, 2.45) is 0 Å². The highest BCUT2D eigenvalue weighted by Gasteiger charge is 2.30. The Balaban J connectivity index is 1.60. The number of nitrogens with zero attached hydrogens (tertiary/aromatic N) is 1. The highest BCUT2D eigenvalue weighted by atomic mass is 32.2. The molecule has 8 heteroatoms. The van der Waals surface area contributed by atoms with Gasteiger partial charge in [0.15, 0.2) is 0 Å². The van der Waals surface area contributed by atoms with Crippen LogP contribution in [0.1, 0.15) is 41.3 Å². The zero-order valence-corrected chi connectivity index (χ0v) is 19.1. The van der Waals surface area contributed by atoms with E-state index in [-0.39, 0.29) is 11.9 Å². The van der Waals surface area contributed by atoms with Crippen molar-refractivity contribution in [1.82, 2.24) is 9.62 Å². The molecule has 2 aromatic carbocycles. The molecule has 0 saturated carbocycles. The third-order valence-electron chi connectivity index (χ3n) is 5.45. The van der Waals surface area contributed by atoms with Crippen molar-refractivity contribution in [2.45, 2.75) is 44.2 Å². The molecule has 3 rings (SSSR count). The second-order valence-corrected chi connectivity index (χ2v) is 9.57. The van der Waals surface area contributed by atoms with Crippen LogP contribution < -0.4 is 10.1 Å². The van der Waals surface area contributed by atoms with Crippen LogP contribution in [-0.2, 0) is 21.4 Å². The van der Waals surface area contributed by atoms with Gasteiger partial charge in [-0.1, -0.05) is 17.7 Å². The van der Waals surface area contributed by atoms with E-state index in [9.17, 15) is 13.2 Å². The monoisotopic (exact) mass is 446 g/mol. The van der Waals surface area contributed by atoms with Crippen LogP contribution in [0.4, 0.5) is 0 Å². The molecule has 1 saturated heterocycles. The lowest BCUT2D eigenvalue weighted by Crippen LogP contribution is -2.46. The van der Waals surface area contributed by atoms with E-state index in [0.717, 1.165) is 11.1 Å². The maximum atomic E-state index is 12.8. The summed E-state index contributed by atoms with van der Waals surface area (Å²) in [5.74, 6) is 0.500. The first-order valence-corrected chi connectivity index (χ1v) is 11.9. The highest BCUT2D eigenvalue weighted by Crippen LogP contribution is 2.23. The Labute approximate surface area is 184 Å². The predicted octanol–water partition coefficient (Wildman–Crippen LogP) is 3.12. The Bertz CT molecular complexity index is 997. The van der Waals surface area contributed by atoms with Crippen LogP contribution in [0, 0.1) is 6.92 Å². The molecular formula is C23H30N2O5S. The average Bonchev–Trinajstić information content (AvgIpc) is 2.78. The average molecular weight is 447 g/mol. The number of methoxy groups -OCH3 is 1. The summed E-state index contributed by atoms with van der Waals surface area (Å²) in [4.78, 5) is 13.1. The molecule has 0 aliphatic carbocycles. The molecule has 7 nitrogen and oxygen atoms in total. The van der Waals surface area contributed by atoms with E-state index in [2.05, 4.69) is 5.32 Å². The normalized spacial score (nSPS) is 15.6. The van der Waals surface area contributed by atoms with Gasteiger partial charge in [-0.3, -0.25) is 4.79 Å². The van der Waals surface area contributed by atoms with Gasteiger partial charge in [0.2, 0.25) is 10.0 Å². The molecule has 1 amide bonds. The molecular weight excluding hydrogens is 416 g/mol. The minimum atomic E-state index is -3.51. The van der Waals surface area contributed by atoms with Crippen LogP contribution in [0.15, 0.2) is 47.4 Å². The van der Waals surface area contributed by atoms with Crippen LogP contribution in [0.25, 0.3) is 0 Å². The fraction of sp³-hybridized carbons (Fsp3) is 0.435. The summed E-state index contributed by atoms with van der Waals surface area (Å²) in [6.07, 6.45) is 1.14. The Kier molecular flexibility index (Phi) is 7.69. The number of sulfonamides is 1. The number of carbonyl (C=O) groups is 1. The Morgan fingerprint density at radius 1 is 1.13 bits per heavy atom. The van der Waals surface area contributed by atoms with E-state index in [4.69, 9.17) is 9.47 Å². The molecule has 0 unspecified atom stereocenters. The first kappa shape index (κ1) is 23.2. The predicted molar refractivity (Wildman–Crippen MR) is 119 cm³/mol. The molecule has 31 heavy (non-hydrogen) atoms. The fourth-order valence-electron chi connectivity index (χ4n) is 3.61. The largest absolute Gasteiger partial charge is 0.496 e. The van der Waals surface area contributed by atoms with Gasteiger partial charge in [-0.15, -0.1) is 0 Å². The van der Waals surface area contributed by atoms with E-state index in [0.29, 0.717) is 55.4 Å². The van der Waals surface area contributed by atoms with Crippen LogP contribution >= 0.6 is 0 Å². The molecule has 0 aromatic heterocycles. The quantitative estimate of drug-likeness (QED) is 0.673. The van der Waals surface area contributed by atoms with Crippen LogP contribution in [0.5, 0.6) is 5.75 Å². The van der Waals surface area contributed by atoms with Crippen molar-refractivity contribution in [1.29, 1.82) is 0 Å². The zero-order valence-electron chi connectivity index (χ0n) is 18.3. The van der Waals surface area contributed by atoms with Gasteiger partial charge < -0.3 is 14.8 Å². The minimum absolute atomic E-state index is 0.0746. The molecule has 1 aliphatic heterocycles. The standard InChI is InChI=1S/C23H30N2O5S/c1-4-30-16-19-15-18(7-10-22(19)29-3)23(26)24-20-11-13-25(14-12-20)31(27,28)21-8-5-17(2)6-9-21/h5-10,15,20H,4,11-14,16H2,1-3H3,(H,24,26). The molecule has 1 fully saturated rings. The van der Waals surface area contributed by atoms with E-state index >= 15 is 0 Å². The second-order valence-electron chi connectivity index (χ2n) is 7.63. The summed E-state index contributed by atoms with van der Waals surface area (Å²) >= 11 is 0. The molecule has 1 heterocycles. The number of rotatable bonds is 8. The number of nitrogens with one attached hydrogen (secondary N) is 1. The zero-order chi connectivity index (χ0) is 22.4. The molecule has 0 spiro atoms. The molecule has 168 valence electrons. The van der Waals surface area contributed by atoms with Crippen molar-refractivity contribution >= 4 is 15.9 Å². The van der Waals surface area contributed by atoms with E-state index in [1.54, 1.807) is 49.6 Å². The van der Waals surface area contributed by atoms with Crippen molar-refractivity contribution in [3.05, 3.63) is 59.2 Å². The van der Waals surface area contributed by atoms with Gasteiger partial charge in [-0.2, -0.15) is 4.31 Å². The molecule has 0 bridgehead atoms. The number of hydrogen-bond acceptors (Lipinski definition) is 5.